The fourth-order valence-corrected chi connectivity index (χ4v) is 5.27. The Hall–Kier alpha value is -3.19. The van der Waals surface area contributed by atoms with Crippen LogP contribution in [0.4, 0.5) is 11.4 Å². The molecule has 7 heteroatoms. The van der Waals surface area contributed by atoms with E-state index in [9.17, 15) is 4.79 Å². The maximum Gasteiger partial charge on any atom is 0.237 e. The Morgan fingerprint density at radius 1 is 0.909 bits per heavy atom. The Bertz CT molecular complexity index is 1030. The van der Waals surface area contributed by atoms with E-state index in [4.69, 9.17) is 11.5 Å². The first-order valence-corrected chi connectivity index (χ1v) is 12.0. The van der Waals surface area contributed by atoms with E-state index in [-0.39, 0.29) is 17.8 Å². The van der Waals surface area contributed by atoms with Crippen LogP contribution >= 0.6 is 0 Å². The number of nitrogens with one attached hydrogen (secondary N) is 1. The summed E-state index contributed by atoms with van der Waals surface area (Å²) < 4.78 is 0.952. The number of hydrogen-bond acceptors (Lipinski definition) is 3. The van der Waals surface area contributed by atoms with E-state index < -0.39 is 0 Å². The van der Waals surface area contributed by atoms with Crippen LogP contribution in [-0.4, -0.2) is 37.2 Å². The first-order chi connectivity index (χ1) is 16.0. The van der Waals surface area contributed by atoms with Crippen molar-refractivity contribution in [2.45, 2.75) is 51.4 Å². The molecule has 2 aromatic carbocycles. The summed E-state index contributed by atoms with van der Waals surface area (Å²) in [4.78, 5) is 13.4. The fourth-order valence-electron chi connectivity index (χ4n) is 5.27. The first kappa shape index (κ1) is 23.0. The third kappa shape index (κ3) is 5.25. The SMILES string of the molecule is CC(=NN=C(N)N)c1ccc(NC(=O)C2C[N+]3(CCCCCCCC3)c3ccccc32)cc1. The number of carbonyl (C=O) groups is 1. The molecular formula is C26H35N6O+. The Kier molecular flexibility index (Phi) is 7.08. The van der Waals surface area contributed by atoms with Crippen molar-refractivity contribution in [3.63, 3.8) is 0 Å². The van der Waals surface area contributed by atoms with Crippen LogP contribution in [0.5, 0.6) is 0 Å². The summed E-state index contributed by atoms with van der Waals surface area (Å²) in [6.45, 7) is 4.95. The summed E-state index contributed by atoms with van der Waals surface area (Å²) in [5.41, 5.74) is 15.6. The van der Waals surface area contributed by atoms with Gasteiger partial charge >= 0.3 is 0 Å². The van der Waals surface area contributed by atoms with Crippen LogP contribution in [0.25, 0.3) is 0 Å². The number of hydrogen-bond donors (Lipinski definition) is 3. The summed E-state index contributed by atoms with van der Waals surface area (Å²) in [7, 11) is 0. The third-order valence-electron chi connectivity index (χ3n) is 6.98. The van der Waals surface area contributed by atoms with Crippen LogP contribution in [0.3, 0.4) is 0 Å². The molecule has 1 spiro atoms. The lowest BCUT2D eigenvalue weighted by Crippen LogP contribution is -2.50. The Morgan fingerprint density at radius 2 is 1.55 bits per heavy atom. The molecule has 1 unspecified atom stereocenters. The van der Waals surface area contributed by atoms with E-state index in [1.807, 2.05) is 31.2 Å². The van der Waals surface area contributed by atoms with Gasteiger partial charge in [-0.2, -0.15) is 5.10 Å². The first-order valence-electron chi connectivity index (χ1n) is 12.0. The number of guanidine groups is 1. The Morgan fingerprint density at radius 3 is 2.21 bits per heavy atom. The van der Waals surface area contributed by atoms with Crippen LogP contribution < -0.4 is 21.3 Å². The molecule has 4 rings (SSSR count). The minimum atomic E-state index is -0.133. The molecule has 0 aliphatic carbocycles. The molecule has 33 heavy (non-hydrogen) atoms. The molecule has 5 N–H and O–H groups in total. The lowest BCUT2D eigenvalue weighted by Gasteiger charge is -2.35. The second-order valence-electron chi connectivity index (χ2n) is 9.28. The number of carbonyl (C=O) groups excluding carboxylic acids is 1. The highest BCUT2D eigenvalue weighted by Crippen LogP contribution is 2.43. The van der Waals surface area contributed by atoms with Gasteiger partial charge in [0.25, 0.3) is 0 Å². The van der Waals surface area contributed by atoms with Gasteiger partial charge in [-0.15, -0.1) is 5.10 Å². The van der Waals surface area contributed by atoms with Crippen molar-refractivity contribution in [1.82, 2.24) is 4.48 Å². The largest absolute Gasteiger partial charge is 0.369 e. The predicted molar refractivity (Wildman–Crippen MR) is 136 cm³/mol. The molecule has 2 aromatic rings. The molecule has 0 aromatic heterocycles. The van der Waals surface area contributed by atoms with Crippen molar-refractivity contribution in [3.05, 3.63) is 59.7 Å². The van der Waals surface area contributed by atoms with Crippen molar-refractivity contribution < 1.29 is 4.79 Å². The van der Waals surface area contributed by atoms with E-state index in [0.29, 0.717) is 5.71 Å². The van der Waals surface area contributed by atoms with Crippen molar-refractivity contribution >= 4 is 29.0 Å². The predicted octanol–water partition coefficient (Wildman–Crippen LogP) is 4.08. The lowest BCUT2D eigenvalue weighted by molar-refractivity contribution is -0.117. The molecule has 2 heterocycles. The van der Waals surface area contributed by atoms with Gasteiger partial charge in [0.2, 0.25) is 11.9 Å². The molecule has 1 atom stereocenters. The van der Waals surface area contributed by atoms with Gasteiger partial charge in [-0.05, 0) is 56.4 Å². The topological polar surface area (TPSA) is 106 Å². The molecule has 1 saturated heterocycles. The van der Waals surface area contributed by atoms with E-state index in [2.05, 4.69) is 39.8 Å². The van der Waals surface area contributed by atoms with Crippen LogP contribution in [0.1, 0.15) is 62.5 Å². The van der Waals surface area contributed by atoms with Crippen LogP contribution in [0, 0.1) is 0 Å². The van der Waals surface area contributed by atoms with E-state index in [1.54, 1.807) is 0 Å². The van der Waals surface area contributed by atoms with Gasteiger partial charge in [-0.1, -0.05) is 43.2 Å². The van der Waals surface area contributed by atoms with Gasteiger partial charge in [-0.3, -0.25) is 9.28 Å². The molecule has 1 amide bonds. The molecule has 1 fully saturated rings. The minimum absolute atomic E-state index is 0.0657. The Balaban J connectivity index is 1.51. The van der Waals surface area contributed by atoms with Crippen molar-refractivity contribution in [3.8, 4) is 0 Å². The zero-order valence-electron chi connectivity index (χ0n) is 19.5. The summed E-state index contributed by atoms with van der Waals surface area (Å²) in [5, 5.41) is 10.8. The van der Waals surface area contributed by atoms with Crippen LogP contribution in [0.2, 0.25) is 0 Å². The smallest absolute Gasteiger partial charge is 0.237 e. The highest BCUT2D eigenvalue weighted by atomic mass is 16.2. The number of quaternary nitrogens is 1. The summed E-state index contributed by atoms with van der Waals surface area (Å²) in [6, 6.07) is 16.2. The quantitative estimate of drug-likeness (QED) is 0.284. The second-order valence-corrected chi connectivity index (χ2v) is 9.28. The highest BCUT2D eigenvalue weighted by Gasteiger charge is 2.46. The number of para-hydroxylation sites is 1. The number of fused-ring (bicyclic) bond motifs is 2. The molecule has 7 nitrogen and oxygen atoms in total. The van der Waals surface area contributed by atoms with Gasteiger partial charge in [-0.25, -0.2) is 0 Å². The van der Waals surface area contributed by atoms with E-state index in [1.165, 1.54) is 49.8 Å². The number of rotatable bonds is 4. The second kappa shape index (κ2) is 10.2. The highest BCUT2D eigenvalue weighted by molar-refractivity contribution is 6.01. The molecular weight excluding hydrogens is 412 g/mol. The van der Waals surface area contributed by atoms with Crippen molar-refractivity contribution in [2.75, 3.05) is 25.0 Å². The molecule has 174 valence electrons. The van der Waals surface area contributed by atoms with Crippen LogP contribution in [-0.2, 0) is 4.79 Å². The minimum Gasteiger partial charge on any atom is -0.369 e. The lowest BCUT2D eigenvalue weighted by atomic mass is 10.0. The standard InChI is InChI=1S/C26H34N6O/c1-19(30-31-26(27)28)20-12-14-21(15-13-20)29-25(33)23-18-32(24-11-7-6-10-22(23)24)16-8-4-2-3-5-9-17-32/h6-7,10-15,23H,2-5,8-9,16-18H2,1H3,(H4-,27,28,29,30,31,33)/p+1. The Labute approximate surface area is 196 Å². The molecule has 0 bridgehead atoms. The average molecular weight is 448 g/mol. The third-order valence-corrected chi connectivity index (χ3v) is 6.98. The molecule has 2 aliphatic heterocycles. The molecule has 2 aliphatic rings. The number of nitrogens with two attached hydrogens (primary N) is 2. The van der Waals surface area contributed by atoms with E-state index >= 15 is 0 Å². The molecule has 0 saturated carbocycles. The number of anilines is 1. The van der Waals surface area contributed by atoms with Crippen molar-refractivity contribution in [1.29, 1.82) is 0 Å². The normalized spacial score (nSPS) is 20.3. The number of nitrogens with zero attached hydrogens (tertiary/aromatic N) is 3. The van der Waals surface area contributed by atoms with Gasteiger partial charge in [0.05, 0.1) is 25.3 Å². The fraction of sp³-hybridized carbons (Fsp3) is 0.423. The van der Waals surface area contributed by atoms with Gasteiger partial charge in [0.15, 0.2) is 0 Å². The maximum atomic E-state index is 13.4. The summed E-state index contributed by atoms with van der Waals surface area (Å²) in [6.07, 6.45) is 7.69. The van der Waals surface area contributed by atoms with Crippen LogP contribution in [0.15, 0.2) is 58.7 Å². The number of amides is 1. The average Bonchev–Trinajstić information content (AvgIpc) is 3.20. The zero-order valence-corrected chi connectivity index (χ0v) is 19.5. The summed E-state index contributed by atoms with van der Waals surface area (Å²) in [5.74, 6) is -0.145. The maximum absolute atomic E-state index is 13.4. The van der Waals surface area contributed by atoms with Gasteiger partial charge in [0.1, 0.15) is 11.6 Å². The van der Waals surface area contributed by atoms with Gasteiger partial charge < -0.3 is 16.8 Å². The zero-order chi connectivity index (χ0) is 23.3. The van der Waals surface area contributed by atoms with E-state index in [0.717, 1.165) is 35.4 Å². The van der Waals surface area contributed by atoms with Gasteiger partial charge in [0, 0.05) is 11.3 Å². The molecule has 0 radical (unpaired) electrons. The monoisotopic (exact) mass is 447 g/mol. The number of benzene rings is 2. The summed E-state index contributed by atoms with van der Waals surface area (Å²) >= 11 is 0. The van der Waals surface area contributed by atoms with Crippen molar-refractivity contribution in [2.24, 2.45) is 21.7 Å².